The van der Waals surface area contributed by atoms with Crippen molar-refractivity contribution >= 4 is 18.0 Å². The van der Waals surface area contributed by atoms with Crippen LogP contribution in [-0.4, -0.2) is 53.2 Å². The Kier molecular flexibility index (Phi) is 5.80. The molecule has 2 unspecified atom stereocenters. The molecule has 1 saturated carbocycles. The molecule has 2 amide bonds. The number of carbonyl (C=O) groups is 3. The van der Waals surface area contributed by atoms with E-state index in [0.29, 0.717) is 32.2 Å². The van der Waals surface area contributed by atoms with Crippen molar-refractivity contribution in [1.29, 1.82) is 0 Å². The van der Waals surface area contributed by atoms with E-state index in [1.165, 1.54) is 0 Å². The third-order valence-corrected chi connectivity index (χ3v) is 7.96. The number of likely N-dealkylation sites (tertiary alicyclic amines) is 1. The van der Waals surface area contributed by atoms with Gasteiger partial charge < -0.3 is 20.1 Å². The number of rotatable bonds is 6. The Bertz CT molecular complexity index is 1090. The average molecular weight is 463 g/mol. The lowest BCUT2D eigenvalue weighted by Crippen LogP contribution is -2.51. The molecular formula is C27H30N2O5. The van der Waals surface area contributed by atoms with Gasteiger partial charge in [0.1, 0.15) is 12.6 Å². The van der Waals surface area contributed by atoms with Gasteiger partial charge in [0.2, 0.25) is 5.91 Å². The van der Waals surface area contributed by atoms with Gasteiger partial charge >= 0.3 is 12.1 Å². The second-order valence-electron chi connectivity index (χ2n) is 9.58. The highest BCUT2D eigenvalue weighted by Gasteiger charge is 2.57. The quantitative estimate of drug-likeness (QED) is 0.672. The topological polar surface area (TPSA) is 95.9 Å². The highest BCUT2D eigenvalue weighted by Crippen LogP contribution is 2.49. The van der Waals surface area contributed by atoms with Crippen molar-refractivity contribution in [3.8, 4) is 11.1 Å². The van der Waals surface area contributed by atoms with E-state index < -0.39 is 23.5 Å². The molecule has 1 heterocycles. The average Bonchev–Trinajstić information content (AvgIpc) is 3.52. The number of nitrogens with one attached hydrogen (secondary N) is 1. The van der Waals surface area contributed by atoms with Crippen LogP contribution in [0.2, 0.25) is 0 Å². The fourth-order valence-electron chi connectivity index (χ4n) is 6.22. The van der Waals surface area contributed by atoms with E-state index in [2.05, 4.69) is 29.6 Å². The monoisotopic (exact) mass is 462 g/mol. The molecule has 0 spiro atoms. The summed E-state index contributed by atoms with van der Waals surface area (Å²) in [6.45, 7) is 2.43. The molecule has 5 rings (SSSR count). The van der Waals surface area contributed by atoms with E-state index in [1.807, 2.05) is 31.2 Å². The SMILES string of the molecule is CC[C@H](NC(=O)OCC1c2ccccc2-c2ccccc21)C(=O)N1CCC2(C(=O)O)CCCC12. The molecule has 2 N–H and O–H groups in total. The van der Waals surface area contributed by atoms with Crippen LogP contribution in [0.3, 0.4) is 0 Å². The van der Waals surface area contributed by atoms with Gasteiger partial charge in [-0.2, -0.15) is 0 Å². The van der Waals surface area contributed by atoms with Crippen LogP contribution < -0.4 is 5.32 Å². The summed E-state index contributed by atoms with van der Waals surface area (Å²) in [4.78, 5) is 39.6. The number of ether oxygens (including phenoxy) is 1. The van der Waals surface area contributed by atoms with Crippen molar-refractivity contribution in [3.63, 3.8) is 0 Å². The number of carboxylic acid groups (broad SMARTS) is 1. The van der Waals surface area contributed by atoms with Crippen LogP contribution in [0.1, 0.15) is 56.1 Å². The Morgan fingerprint density at radius 1 is 1.09 bits per heavy atom. The number of carboxylic acids is 1. The lowest BCUT2D eigenvalue weighted by Gasteiger charge is -2.31. The summed E-state index contributed by atoms with van der Waals surface area (Å²) >= 11 is 0. The van der Waals surface area contributed by atoms with E-state index in [9.17, 15) is 19.5 Å². The molecule has 0 radical (unpaired) electrons. The largest absolute Gasteiger partial charge is 0.481 e. The molecule has 0 bridgehead atoms. The van der Waals surface area contributed by atoms with Gasteiger partial charge in [0.15, 0.2) is 0 Å². The molecule has 3 aliphatic rings. The van der Waals surface area contributed by atoms with E-state index in [0.717, 1.165) is 28.7 Å². The normalized spacial score (nSPS) is 23.7. The first-order valence-corrected chi connectivity index (χ1v) is 12.1. The van der Waals surface area contributed by atoms with Crippen molar-refractivity contribution in [2.24, 2.45) is 5.41 Å². The third-order valence-electron chi connectivity index (χ3n) is 7.96. The number of alkyl carbamates (subject to hydrolysis) is 1. The molecule has 2 aromatic rings. The highest BCUT2D eigenvalue weighted by molar-refractivity contribution is 5.88. The summed E-state index contributed by atoms with van der Waals surface area (Å²) in [5.74, 6) is -1.09. The van der Waals surface area contributed by atoms with Crippen LogP contribution in [0.5, 0.6) is 0 Å². The van der Waals surface area contributed by atoms with Crippen LogP contribution in [0.15, 0.2) is 48.5 Å². The number of hydrogen-bond donors (Lipinski definition) is 2. The first-order valence-electron chi connectivity index (χ1n) is 12.1. The Hall–Kier alpha value is -3.35. The summed E-state index contributed by atoms with van der Waals surface area (Å²) in [5, 5.41) is 12.5. The molecule has 7 nitrogen and oxygen atoms in total. The van der Waals surface area contributed by atoms with Crippen LogP contribution >= 0.6 is 0 Å². The number of carbonyl (C=O) groups excluding carboxylic acids is 2. The number of hydrogen-bond acceptors (Lipinski definition) is 4. The number of fused-ring (bicyclic) bond motifs is 4. The van der Waals surface area contributed by atoms with Gasteiger partial charge in [-0.15, -0.1) is 0 Å². The van der Waals surface area contributed by atoms with E-state index in [1.54, 1.807) is 4.90 Å². The first kappa shape index (κ1) is 22.4. The van der Waals surface area contributed by atoms with Crippen molar-refractivity contribution < 1.29 is 24.2 Å². The Balaban J connectivity index is 1.24. The van der Waals surface area contributed by atoms with Gasteiger partial charge in [-0.25, -0.2) is 4.79 Å². The molecule has 2 aliphatic carbocycles. The van der Waals surface area contributed by atoms with Gasteiger partial charge in [-0.05, 0) is 47.9 Å². The standard InChI is InChI=1S/C27H30N2O5/c1-2-22(24(30)29-15-14-27(25(31)32)13-7-12-23(27)29)28-26(33)34-16-21-19-10-5-3-8-17(19)18-9-4-6-11-20(18)21/h3-6,8-11,21-23H,2,7,12-16H2,1H3,(H,28,33)(H,31,32)/t22-,23?,27?/m0/s1. The summed E-state index contributed by atoms with van der Waals surface area (Å²) in [6.07, 6.45) is 2.36. The maximum absolute atomic E-state index is 13.3. The molecular weight excluding hydrogens is 432 g/mol. The van der Waals surface area contributed by atoms with Crippen LogP contribution in [0.4, 0.5) is 4.79 Å². The number of benzene rings is 2. The lowest BCUT2D eigenvalue weighted by atomic mass is 9.82. The van der Waals surface area contributed by atoms with Gasteiger partial charge in [0, 0.05) is 18.5 Å². The van der Waals surface area contributed by atoms with E-state index in [-0.39, 0.29) is 24.5 Å². The molecule has 1 aliphatic heterocycles. The molecule has 2 aromatic carbocycles. The van der Waals surface area contributed by atoms with Gasteiger partial charge in [-0.3, -0.25) is 9.59 Å². The molecule has 0 aromatic heterocycles. The van der Waals surface area contributed by atoms with Gasteiger partial charge in [0.25, 0.3) is 0 Å². The predicted molar refractivity (Wildman–Crippen MR) is 126 cm³/mol. The van der Waals surface area contributed by atoms with Crippen LogP contribution in [0.25, 0.3) is 11.1 Å². The summed E-state index contributed by atoms with van der Waals surface area (Å²) < 4.78 is 5.61. The molecule has 7 heteroatoms. The fraction of sp³-hybridized carbons (Fsp3) is 0.444. The Labute approximate surface area is 199 Å². The molecule has 3 atom stereocenters. The smallest absolute Gasteiger partial charge is 0.407 e. The van der Waals surface area contributed by atoms with Crippen molar-refractivity contribution in [2.75, 3.05) is 13.2 Å². The van der Waals surface area contributed by atoms with E-state index >= 15 is 0 Å². The van der Waals surface area contributed by atoms with Crippen molar-refractivity contribution in [1.82, 2.24) is 10.2 Å². The van der Waals surface area contributed by atoms with Gasteiger partial charge in [-0.1, -0.05) is 61.9 Å². The third kappa shape index (κ3) is 3.54. The summed E-state index contributed by atoms with van der Waals surface area (Å²) in [5.41, 5.74) is 3.73. The minimum absolute atomic E-state index is 0.0535. The second-order valence-corrected chi connectivity index (χ2v) is 9.58. The van der Waals surface area contributed by atoms with Crippen molar-refractivity contribution in [2.45, 2.75) is 57.0 Å². The minimum Gasteiger partial charge on any atom is -0.481 e. The number of nitrogens with zero attached hydrogens (tertiary/aromatic N) is 1. The van der Waals surface area contributed by atoms with E-state index in [4.69, 9.17) is 4.74 Å². The molecule has 2 fully saturated rings. The summed E-state index contributed by atoms with van der Waals surface area (Å²) in [6, 6.07) is 15.2. The zero-order chi connectivity index (χ0) is 23.9. The van der Waals surface area contributed by atoms with Crippen LogP contribution in [0, 0.1) is 5.41 Å². The summed E-state index contributed by atoms with van der Waals surface area (Å²) in [7, 11) is 0. The zero-order valence-electron chi connectivity index (χ0n) is 19.3. The van der Waals surface area contributed by atoms with Crippen molar-refractivity contribution in [3.05, 3.63) is 59.7 Å². The minimum atomic E-state index is -0.836. The van der Waals surface area contributed by atoms with Crippen LogP contribution in [-0.2, 0) is 14.3 Å². The fourth-order valence-corrected chi connectivity index (χ4v) is 6.22. The lowest BCUT2D eigenvalue weighted by molar-refractivity contribution is -0.150. The maximum Gasteiger partial charge on any atom is 0.407 e. The first-order chi connectivity index (χ1) is 16.5. The highest BCUT2D eigenvalue weighted by atomic mass is 16.5. The Morgan fingerprint density at radius 2 is 1.74 bits per heavy atom. The number of aliphatic carboxylic acids is 1. The zero-order valence-corrected chi connectivity index (χ0v) is 19.3. The molecule has 1 saturated heterocycles. The molecule has 178 valence electrons. The van der Waals surface area contributed by atoms with Gasteiger partial charge in [0.05, 0.1) is 5.41 Å². The maximum atomic E-state index is 13.3. The molecule has 34 heavy (non-hydrogen) atoms. The number of amides is 2. The Morgan fingerprint density at radius 3 is 2.35 bits per heavy atom. The predicted octanol–water partition coefficient (Wildman–Crippen LogP) is 4.16. The second kappa shape index (κ2) is 8.78.